The number of aliphatic hydroxyl groups excluding tert-OH is 2. The summed E-state index contributed by atoms with van der Waals surface area (Å²) in [6, 6.07) is 0. The van der Waals surface area contributed by atoms with Gasteiger partial charge >= 0.3 is 0 Å². The van der Waals surface area contributed by atoms with Crippen molar-refractivity contribution in [2.45, 2.75) is 112 Å². The Kier molecular flexibility index (Phi) is 6.85. The maximum Gasteiger partial charge on any atom is 0.252 e. The molecule has 4 fully saturated rings. The Hall–Kier alpha value is -1.24. The number of ketones is 1. The first kappa shape index (κ1) is 29.3. The van der Waals surface area contributed by atoms with E-state index in [1.54, 1.807) is 0 Å². The molecule has 0 radical (unpaired) electrons. The SMILES string of the molecule is CON(CCO)C(=O)[C@@]1(C)CC[C@]2(C)CC[C@]3(C)C(=CC(=O)[C@@H]4[C@@]5(C)CC[C@H](O)C(C)(C)C5CC[C@]43C)[C@@H]2C1. The normalized spacial score (nSPS) is 48.7. The molecule has 0 bridgehead atoms. The van der Waals surface area contributed by atoms with E-state index in [0.29, 0.717) is 12.3 Å². The van der Waals surface area contributed by atoms with Crippen LogP contribution in [0.15, 0.2) is 11.6 Å². The molecule has 4 saturated carbocycles. The van der Waals surface area contributed by atoms with Crippen LogP contribution < -0.4 is 0 Å². The molecule has 39 heavy (non-hydrogen) atoms. The third kappa shape index (κ3) is 3.82. The first-order valence-electron chi connectivity index (χ1n) is 15.4. The lowest BCUT2D eigenvalue weighted by atomic mass is 9.33. The topological polar surface area (TPSA) is 87.1 Å². The fourth-order valence-electron chi connectivity index (χ4n) is 11.0. The molecular formula is C33H53NO5. The minimum atomic E-state index is -0.595. The van der Waals surface area contributed by atoms with Crippen molar-refractivity contribution in [1.82, 2.24) is 5.06 Å². The molecular weight excluding hydrogens is 490 g/mol. The third-order valence-electron chi connectivity index (χ3n) is 13.8. The zero-order valence-electron chi connectivity index (χ0n) is 25.7. The van der Waals surface area contributed by atoms with Crippen LogP contribution in [-0.4, -0.2) is 53.3 Å². The second-order valence-corrected chi connectivity index (χ2v) is 15.9. The number of allylic oxidation sites excluding steroid dienone is 2. The van der Waals surface area contributed by atoms with Gasteiger partial charge in [0.25, 0.3) is 5.91 Å². The van der Waals surface area contributed by atoms with Gasteiger partial charge in [-0.3, -0.25) is 14.4 Å². The number of hydrogen-bond acceptors (Lipinski definition) is 5. The first-order valence-corrected chi connectivity index (χ1v) is 15.4. The molecule has 6 heteroatoms. The van der Waals surface area contributed by atoms with Crippen molar-refractivity contribution in [1.29, 1.82) is 0 Å². The van der Waals surface area contributed by atoms with Crippen LogP contribution in [0, 0.1) is 50.2 Å². The number of aliphatic hydroxyl groups is 2. The van der Waals surface area contributed by atoms with E-state index in [-0.39, 0.29) is 69.9 Å². The zero-order chi connectivity index (χ0) is 28.8. The first-order chi connectivity index (χ1) is 18.0. The second kappa shape index (κ2) is 9.13. The van der Waals surface area contributed by atoms with Gasteiger partial charge in [-0.1, -0.05) is 54.0 Å². The van der Waals surface area contributed by atoms with E-state index in [4.69, 9.17) is 4.84 Å². The average molecular weight is 544 g/mol. The lowest BCUT2D eigenvalue weighted by Crippen LogP contribution is -2.66. The van der Waals surface area contributed by atoms with Gasteiger partial charge in [0.1, 0.15) is 0 Å². The molecule has 0 aromatic heterocycles. The van der Waals surface area contributed by atoms with Crippen LogP contribution in [0.5, 0.6) is 0 Å². The van der Waals surface area contributed by atoms with Gasteiger partial charge in [0.2, 0.25) is 0 Å². The Morgan fingerprint density at radius 2 is 1.67 bits per heavy atom. The van der Waals surface area contributed by atoms with Gasteiger partial charge in [0, 0.05) is 11.3 Å². The molecule has 6 nitrogen and oxygen atoms in total. The molecule has 220 valence electrons. The van der Waals surface area contributed by atoms with Gasteiger partial charge in [-0.05, 0) is 103 Å². The Morgan fingerprint density at radius 1 is 1.00 bits per heavy atom. The number of carbonyl (C=O) groups is 2. The standard InChI is InChI=1S/C33H53NO5/c1-28(2)24-9-12-33(7)26(31(24,5)11-10-25(28)37)23(36)19-21-22-20-30(4,27(38)34(39-8)17-18-35)14-13-29(22,3)15-16-32(21,33)6/h19,22,24-26,35,37H,9-18,20H2,1-8H3/t22-,24?,25-,26+,29+,30-,31-,32+,33+/m0/s1. The number of rotatable bonds is 4. The number of fused-ring (bicyclic) bond motifs is 7. The molecule has 0 aromatic carbocycles. The predicted molar refractivity (Wildman–Crippen MR) is 151 cm³/mol. The highest BCUT2D eigenvalue weighted by Crippen LogP contribution is 2.75. The smallest absolute Gasteiger partial charge is 0.252 e. The Bertz CT molecular complexity index is 1070. The number of hydroxylamine groups is 2. The van der Waals surface area contributed by atoms with Gasteiger partial charge in [-0.15, -0.1) is 0 Å². The fraction of sp³-hybridized carbons (Fsp3) is 0.879. The molecule has 9 atom stereocenters. The van der Waals surface area contributed by atoms with Crippen LogP contribution in [0.25, 0.3) is 0 Å². The van der Waals surface area contributed by atoms with E-state index in [2.05, 4.69) is 54.5 Å². The molecule has 5 rings (SSSR count). The van der Waals surface area contributed by atoms with E-state index in [0.717, 1.165) is 51.4 Å². The van der Waals surface area contributed by atoms with Gasteiger partial charge in [0.05, 0.1) is 26.4 Å². The maximum atomic E-state index is 14.4. The lowest BCUT2D eigenvalue weighted by molar-refractivity contribution is -0.204. The predicted octanol–water partition coefficient (Wildman–Crippen LogP) is 5.71. The molecule has 0 aromatic rings. The fourth-order valence-corrected chi connectivity index (χ4v) is 11.0. The second-order valence-electron chi connectivity index (χ2n) is 15.9. The Morgan fingerprint density at radius 3 is 2.31 bits per heavy atom. The molecule has 0 spiro atoms. The van der Waals surface area contributed by atoms with E-state index < -0.39 is 5.41 Å². The van der Waals surface area contributed by atoms with Crippen molar-refractivity contribution in [2.75, 3.05) is 20.3 Å². The number of carbonyl (C=O) groups excluding carboxylic acids is 2. The summed E-state index contributed by atoms with van der Waals surface area (Å²) in [5.74, 6) is 0.676. The summed E-state index contributed by atoms with van der Waals surface area (Å²) in [5.41, 5.74) is 0.201. The quantitative estimate of drug-likeness (QED) is 0.444. The van der Waals surface area contributed by atoms with Crippen LogP contribution in [-0.2, 0) is 14.4 Å². The number of nitrogens with zero attached hydrogens (tertiary/aromatic N) is 1. The summed E-state index contributed by atoms with van der Waals surface area (Å²) in [7, 11) is 1.49. The molecule has 5 aliphatic carbocycles. The summed E-state index contributed by atoms with van der Waals surface area (Å²) in [4.78, 5) is 33.5. The monoisotopic (exact) mass is 543 g/mol. The Balaban J connectivity index is 1.56. The summed E-state index contributed by atoms with van der Waals surface area (Å²) >= 11 is 0. The van der Waals surface area contributed by atoms with E-state index in [9.17, 15) is 19.8 Å². The van der Waals surface area contributed by atoms with Crippen LogP contribution >= 0.6 is 0 Å². The van der Waals surface area contributed by atoms with Gasteiger partial charge in [-0.2, -0.15) is 0 Å². The minimum Gasteiger partial charge on any atom is -0.394 e. The van der Waals surface area contributed by atoms with Gasteiger partial charge < -0.3 is 10.2 Å². The molecule has 1 amide bonds. The van der Waals surface area contributed by atoms with Crippen molar-refractivity contribution in [3.05, 3.63) is 11.6 Å². The van der Waals surface area contributed by atoms with Gasteiger partial charge in [-0.25, -0.2) is 5.06 Å². The van der Waals surface area contributed by atoms with Crippen molar-refractivity contribution in [3.8, 4) is 0 Å². The van der Waals surface area contributed by atoms with Gasteiger partial charge in [0.15, 0.2) is 5.78 Å². The highest BCUT2D eigenvalue weighted by molar-refractivity contribution is 5.95. The van der Waals surface area contributed by atoms with Crippen molar-refractivity contribution in [3.63, 3.8) is 0 Å². The summed E-state index contributed by atoms with van der Waals surface area (Å²) in [6.07, 6.45) is 10.1. The van der Waals surface area contributed by atoms with Crippen molar-refractivity contribution >= 4 is 11.7 Å². The molecule has 0 heterocycles. The van der Waals surface area contributed by atoms with E-state index >= 15 is 0 Å². The van der Waals surface area contributed by atoms with Crippen molar-refractivity contribution < 1.29 is 24.6 Å². The average Bonchev–Trinajstić information content (AvgIpc) is 2.87. The molecule has 0 aliphatic heterocycles. The maximum absolute atomic E-state index is 14.4. The lowest BCUT2D eigenvalue weighted by Gasteiger charge is -2.70. The largest absolute Gasteiger partial charge is 0.394 e. The summed E-state index contributed by atoms with van der Waals surface area (Å²) < 4.78 is 0. The summed E-state index contributed by atoms with van der Waals surface area (Å²) in [5, 5.41) is 21.8. The summed E-state index contributed by atoms with van der Waals surface area (Å²) in [6.45, 7) is 16.1. The van der Waals surface area contributed by atoms with Crippen LogP contribution in [0.3, 0.4) is 0 Å². The highest BCUT2D eigenvalue weighted by atomic mass is 16.7. The molecule has 0 saturated heterocycles. The zero-order valence-corrected chi connectivity index (χ0v) is 25.7. The number of hydrogen-bond donors (Lipinski definition) is 2. The van der Waals surface area contributed by atoms with Crippen molar-refractivity contribution in [2.24, 2.45) is 50.2 Å². The highest BCUT2D eigenvalue weighted by Gasteiger charge is 2.70. The van der Waals surface area contributed by atoms with E-state index in [1.165, 1.54) is 17.7 Å². The molecule has 2 N–H and O–H groups in total. The molecule has 5 aliphatic rings. The van der Waals surface area contributed by atoms with E-state index in [1.807, 2.05) is 0 Å². The van der Waals surface area contributed by atoms with Crippen LogP contribution in [0.1, 0.15) is 106 Å². The van der Waals surface area contributed by atoms with Crippen LogP contribution in [0.2, 0.25) is 0 Å². The Labute approximate surface area is 235 Å². The molecule has 1 unspecified atom stereocenters. The minimum absolute atomic E-state index is 0.0428. The number of amides is 1. The third-order valence-corrected chi connectivity index (χ3v) is 13.8. The van der Waals surface area contributed by atoms with Crippen LogP contribution in [0.4, 0.5) is 0 Å².